The number of hydrogen-bond acceptors (Lipinski definition) is 3. The van der Waals surface area contributed by atoms with E-state index in [0.29, 0.717) is 17.6 Å². The van der Waals surface area contributed by atoms with E-state index in [2.05, 4.69) is 10.3 Å². The quantitative estimate of drug-likeness (QED) is 0.672. The highest BCUT2D eigenvalue weighted by Crippen LogP contribution is 2.47. The monoisotopic (exact) mass is 344 g/mol. The van der Waals surface area contributed by atoms with Gasteiger partial charge in [-0.05, 0) is 42.7 Å². The molecule has 0 spiro atoms. The average Bonchev–Trinajstić information content (AvgIpc) is 2.67. The molecule has 1 aromatic heterocycles. The molecule has 1 aliphatic heterocycles. The summed E-state index contributed by atoms with van der Waals surface area (Å²) in [6.07, 6.45) is 3.95. The van der Waals surface area contributed by atoms with Crippen LogP contribution < -0.4 is 5.32 Å². The summed E-state index contributed by atoms with van der Waals surface area (Å²) in [6.45, 7) is 0. The van der Waals surface area contributed by atoms with Crippen molar-refractivity contribution >= 4 is 27.9 Å². The number of benzene rings is 2. The molecule has 2 heterocycles. The first-order valence-electron chi connectivity index (χ1n) is 8.89. The molecule has 0 radical (unpaired) electrons. The SMILES string of the molecule is O=C1CCCC2=C1[C@H](c1ccccc1F)Nc1ccc3ncccc3c12. The van der Waals surface area contributed by atoms with Crippen molar-refractivity contribution in [2.24, 2.45) is 0 Å². The number of carbonyl (C=O) groups excluding carboxylic acids is 1. The number of anilines is 1. The van der Waals surface area contributed by atoms with E-state index in [1.165, 1.54) is 6.07 Å². The van der Waals surface area contributed by atoms with Crippen LogP contribution in [0.5, 0.6) is 0 Å². The largest absolute Gasteiger partial charge is 0.373 e. The van der Waals surface area contributed by atoms with Gasteiger partial charge in [0.05, 0.1) is 11.6 Å². The minimum Gasteiger partial charge on any atom is -0.373 e. The second-order valence-electron chi connectivity index (χ2n) is 6.83. The van der Waals surface area contributed by atoms with Crippen molar-refractivity contribution in [2.45, 2.75) is 25.3 Å². The van der Waals surface area contributed by atoms with Crippen LogP contribution in [0.2, 0.25) is 0 Å². The maximum absolute atomic E-state index is 14.5. The van der Waals surface area contributed by atoms with Gasteiger partial charge in [0.25, 0.3) is 0 Å². The lowest BCUT2D eigenvalue weighted by atomic mass is 9.77. The Labute approximate surface area is 150 Å². The van der Waals surface area contributed by atoms with Gasteiger partial charge in [0.15, 0.2) is 5.78 Å². The second-order valence-corrected chi connectivity index (χ2v) is 6.83. The third-order valence-electron chi connectivity index (χ3n) is 5.35. The molecule has 26 heavy (non-hydrogen) atoms. The Morgan fingerprint density at radius 2 is 1.92 bits per heavy atom. The minimum atomic E-state index is -0.444. The molecule has 3 aromatic rings. The summed E-state index contributed by atoms with van der Waals surface area (Å²) < 4.78 is 14.5. The fraction of sp³-hybridized carbons (Fsp3) is 0.182. The van der Waals surface area contributed by atoms with Gasteiger partial charge in [-0.25, -0.2) is 4.39 Å². The topological polar surface area (TPSA) is 42.0 Å². The van der Waals surface area contributed by atoms with Gasteiger partial charge in [0.1, 0.15) is 5.82 Å². The smallest absolute Gasteiger partial charge is 0.161 e. The van der Waals surface area contributed by atoms with E-state index >= 15 is 0 Å². The van der Waals surface area contributed by atoms with E-state index in [1.54, 1.807) is 18.3 Å². The number of pyridine rings is 1. The van der Waals surface area contributed by atoms with Gasteiger partial charge in [0.2, 0.25) is 0 Å². The Hall–Kier alpha value is -3.01. The van der Waals surface area contributed by atoms with Crippen molar-refractivity contribution in [2.75, 3.05) is 5.32 Å². The lowest BCUT2D eigenvalue weighted by Crippen LogP contribution is -2.28. The Kier molecular flexibility index (Phi) is 3.38. The lowest BCUT2D eigenvalue weighted by molar-refractivity contribution is -0.116. The number of ketones is 1. The molecule has 1 N–H and O–H groups in total. The number of halogens is 1. The van der Waals surface area contributed by atoms with E-state index in [4.69, 9.17) is 0 Å². The van der Waals surface area contributed by atoms with Crippen molar-refractivity contribution in [1.82, 2.24) is 4.98 Å². The van der Waals surface area contributed by atoms with Crippen LogP contribution in [0.3, 0.4) is 0 Å². The van der Waals surface area contributed by atoms with Crippen LogP contribution in [0.15, 0.2) is 60.3 Å². The van der Waals surface area contributed by atoms with Crippen LogP contribution in [0.25, 0.3) is 16.5 Å². The molecular weight excluding hydrogens is 327 g/mol. The molecule has 0 saturated carbocycles. The number of hydrogen-bond donors (Lipinski definition) is 1. The normalized spacial score (nSPS) is 19.1. The van der Waals surface area contributed by atoms with Crippen molar-refractivity contribution in [3.8, 4) is 0 Å². The second kappa shape index (κ2) is 5.77. The molecule has 5 rings (SSSR count). The number of carbonyl (C=O) groups is 1. The van der Waals surface area contributed by atoms with Gasteiger partial charge in [0, 0.05) is 40.4 Å². The highest BCUT2D eigenvalue weighted by molar-refractivity contribution is 6.12. The first-order valence-corrected chi connectivity index (χ1v) is 8.89. The van der Waals surface area contributed by atoms with Crippen LogP contribution >= 0.6 is 0 Å². The van der Waals surface area contributed by atoms with E-state index in [9.17, 15) is 9.18 Å². The lowest BCUT2D eigenvalue weighted by Gasteiger charge is -2.35. The number of allylic oxidation sites excluding steroid dienone is 1. The standard InChI is InChI=1S/C22H17FN2O/c23-16-8-2-1-5-13(16)22-21-15(6-3-9-19(21)26)20-14-7-4-12-24-17(14)10-11-18(20)25-22/h1-2,4-5,7-8,10-12,22,25H,3,6,9H2/t22-/m0/s1. The van der Waals surface area contributed by atoms with E-state index in [-0.39, 0.29) is 11.6 Å². The summed E-state index contributed by atoms with van der Waals surface area (Å²) in [5.41, 5.74) is 5.17. The van der Waals surface area contributed by atoms with Crippen molar-refractivity contribution in [3.05, 3.63) is 77.2 Å². The Morgan fingerprint density at radius 3 is 2.81 bits per heavy atom. The maximum Gasteiger partial charge on any atom is 0.161 e. The van der Waals surface area contributed by atoms with Crippen LogP contribution in [0, 0.1) is 5.82 Å². The summed E-state index contributed by atoms with van der Waals surface area (Å²) in [5.74, 6) is -0.181. The molecule has 0 saturated heterocycles. The van der Waals surface area contributed by atoms with Crippen LogP contribution in [0.1, 0.15) is 36.4 Å². The third-order valence-corrected chi connectivity index (χ3v) is 5.35. The number of fused-ring (bicyclic) bond motifs is 4. The molecule has 128 valence electrons. The Bertz CT molecular complexity index is 1090. The summed E-state index contributed by atoms with van der Waals surface area (Å²) in [7, 11) is 0. The molecule has 1 aliphatic carbocycles. The molecule has 4 heteroatoms. The molecule has 0 amide bonds. The number of rotatable bonds is 1. The molecule has 3 nitrogen and oxygen atoms in total. The molecule has 0 bridgehead atoms. The molecular formula is C22H17FN2O. The van der Waals surface area contributed by atoms with Crippen LogP contribution in [0.4, 0.5) is 10.1 Å². The van der Waals surface area contributed by atoms with Gasteiger partial charge in [-0.1, -0.05) is 24.3 Å². The summed E-state index contributed by atoms with van der Waals surface area (Å²) in [4.78, 5) is 17.3. The fourth-order valence-corrected chi connectivity index (χ4v) is 4.23. The van der Waals surface area contributed by atoms with Crippen LogP contribution in [-0.2, 0) is 4.79 Å². The van der Waals surface area contributed by atoms with Crippen molar-refractivity contribution in [1.29, 1.82) is 0 Å². The highest BCUT2D eigenvalue weighted by atomic mass is 19.1. The predicted molar refractivity (Wildman–Crippen MR) is 100 cm³/mol. The number of Topliss-reactive ketones (excluding diaryl/α,β-unsaturated/α-hetero) is 1. The van der Waals surface area contributed by atoms with Gasteiger partial charge < -0.3 is 5.32 Å². The zero-order chi connectivity index (χ0) is 17.7. The van der Waals surface area contributed by atoms with E-state index in [0.717, 1.165) is 40.6 Å². The number of nitrogens with zero attached hydrogens (tertiary/aromatic N) is 1. The molecule has 0 unspecified atom stereocenters. The average molecular weight is 344 g/mol. The predicted octanol–water partition coefficient (Wildman–Crippen LogP) is 5.05. The van der Waals surface area contributed by atoms with Crippen LogP contribution in [-0.4, -0.2) is 10.8 Å². The maximum atomic E-state index is 14.5. The van der Waals surface area contributed by atoms with Gasteiger partial charge in [-0.15, -0.1) is 0 Å². The molecule has 0 fully saturated rings. The Balaban J connectivity index is 1.81. The fourth-order valence-electron chi connectivity index (χ4n) is 4.23. The number of nitrogens with one attached hydrogen (secondary N) is 1. The van der Waals surface area contributed by atoms with Crippen molar-refractivity contribution < 1.29 is 9.18 Å². The summed E-state index contributed by atoms with van der Waals surface area (Å²) in [5, 5.41) is 4.46. The highest BCUT2D eigenvalue weighted by Gasteiger charge is 2.35. The zero-order valence-corrected chi connectivity index (χ0v) is 14.1. The molecule has 1 atom stereocenters. The van der Waals surface area contributed by atoms with Crippen molar-refractivity contribution in [3.63, 3.8) is 0 Å². The first-order chi connectivity index (χ1) is 12.7. The molecule has 2 aromatic carbocycles. The first kappa shape index (κ1) is 15.3. The van der Waals surface area contributed by atoms with Gasteiger partial charge in [-0.3, -0.25) is 9.78 Å². The zero-order valence-electron chi connectivity index (χ0n) is 14.1. The van der Waals surface area contributed by atoms with Gasteiger partial charge in [-0.2, -0.15) is 0 Å². The van der Waals surface area contributed by atoms with E-state index in [1.807, 2.05) is 30.3 Å². The summed E-state index contributed by atoms with van der Waals surface area (Å²) >= 11 is 0. The molecule has 2 aliphatic rings. The van der Waals surface area contributed by atoms with Gasteiger partial charge >= 0.3 is 0 Å². The van der Waals surface area contributed by atoms with E-state index < -0.39 is 6.04 Å². The third kappa shape index (κ3) is 2.18. The minimum absolute atomic E-state index is 0.110. The Morgan fingerprint density at radius 1 is 1.04 bits per heavy atom. The summed E-state index contributed by atoms with van der Waals surface area (Å²) in [6, 6.07) is 14.2. The number of aromatic nitrogens is 1.